The fourth-order valence-corrected chi connectivity index (χ4v) is 1.91. The van der Waals surface area contributed by atoms with Gasteiger partial charge in [-0.15, -0.1) is 0 Å². The summed E-state index contributed by atoms with van der Waals surface area (Å²) in [4.78, 5) is 4.47. The molecule has 0 atom stereocenters. The van der Waals surface area contributed by atoms with Crippen molar-refractivity contribution >= 4 is 11.1 Å². The Balaban J connectivity index is 2.07. The summed E-state index contributed by atoms with van der Waals surface area (Å²) in [6.07, 6.45) is 0. The second-order valence-corrected chi connectivity index (χ2v) is 4.35. The highest BCUT2D eigenvalue weighted by Crippen LogP contribution is 2.25. The van der Waals surface area contributed by atoms with E-state index in [0.717, 1.165) is 27.8 Å². The van der Waals surface area contributed by atoms with Gasteiger partial charge in [0, 0.05) is 5.56 Å². The molecule has 3 heteroatoms. The summed E-state index contributed by atoms with van der Waals surface area (Å²) in [5.41, 5.74) is 4.63. The minimum absolute atomic E-state index is 0.0486. The summed E-state index contributed by atoms with van der Waals surface area (Å²) in [5.74, 6) is 0.611. The van der Waals surface area contributed by atoms with Crippen molar-refractivity contribution in [3.8, 4) is 11.5 Å². The molecule has 0 fully saturated rings. The smallest absolute Gasteiger partial charge is 0.227 e. The molecule has 1 aromatic heterocycles. The Labute approximate surface area is 105 Å². The van der Waals surface area contributed by atoms with E-state index in [0.29, 0.717) is 5.89 Å². The fourth-order valence-electron chi connectivity index (χ4n) is 1.91. The van der Waals surface area contributed by atoms with Crippen molar-refractivity contribution in [2.45, 2.75) is 13.5 Å². The van der Waals surface area contributed by atoms with Crippen molar-refractivity contribution in [2.24, 2.45) is 0 Å². The summed E-state index contributed by atoms with van der Waals surface area (Å²) in [6, 6.07) is 13.5. The van der Waals surface area contributed by atoms with E-state index >= 15 is 0 Å². The van der Waals surface area contributed by atoms with Gasteiger partial charge in [-0.3, -0.25) is 0 Å². The first-order chi connectivity index (χ1) is 8.76. The van der Waals surface area contributed by atoms with Crippen LogP contribution in [0.5, 0.6) is 0 Å². The maximum Gasteiger partial charge on any atom is 0.227 e. The molecule has 3 rings (SSSR count). The monoisotopic (exact) mass is 239 g/mol. The highest BCUT2D eigenvalue weighted by molar-refractivity contribution is 5.76. The predicted octanol–water partition coefficient (Wildman–Crippen LogP) is 3.30. The molecular formula is C15H13NO2. The van der Waals surface area contributed by atoms with E-state index in [-0.39, 0.29) is 6.61 Å². The predicted molar refractivity (Wildman–Crippen MR) is 70.1 cm³/mol. The van der Waals surface area contributed by atoms with Gasteiger partial charge in [0.2, 0.25) is 5.89 Å². The van der Waals surface area contributed by atoms with Gasteiger partial charge >= 0.3 is 0 Å². The van der Waals surface area contributed by atoms with Gasteiger partial charge in [0.1, 0.15) is 5.52 Å². The molecule has 2 aromatic carbocycles. The lowest BCUT2D eigenvalue weighted by Crippen LogP contribution is -1.83. The standard InChI is InChI=1S/C15H13NO2/c1-10-2-7-14-13(8-10)16-15(18-14)12-5-3-11(9-17)4-6-12/h2-8,17H,9H2,1H3. The Morgan fingerprint density at radius 1 is 1.11 bits per heavy atom. The molecule has 0 bridgehead atoms. The molecule has 0 aliphatic heterocycles. The topological polar surface area (TPSA) is 46.3 Å². The normalized spacial score (nSPS) is 11.0. The van der Waals surface area contributed by atoms with E-state index in [1.54, 1.807) is 0 Å². The van der Waals surface area contributed by atoms with Gasteiger partial charge in [0.25, 0.3) is 0 Å². The first-order valence-electron chi connectivity index (χ1n) is 5.83. The number of fused-ring (bicyclic) bond motifs is 1. The molecule has 0 aliphatic carbocycles. The van der Waals surface area contributed by atoms with Crippen LogP contribution in [0.1, 0.15) is 11.1 Å². The molecule has 0 unspecified atom stereocenters. The van der Waals surface area contributed by atoms with Crippen LogP contribution in [0.25, 0.3) is 22.6 Å². The number of rotatable bonds is 2. The van der Waals surface area contributed by atoms with Crippen molar-refractivity contribution in [1.82, 2.24) is 4.98 Å². The second kappa shape index (κ2) is 4.27. The molecule has 3 nitrogen and oxygen atoms in total. The van der Waals surface area contributed by atoms with Gasteiger partial charge in [0.15, 0.2) is 5.58 Å². The van der Waals surface area contributed by atoms with Crippen molar-refractivity contribution < 1.29 is 9.52 Å². The van der Waals surface area contributed by atoms with Crippen molar-refractivity contribution in [3.05, 3.63) is 53.6 Å². The van der Waals surface area contributed by atoms with Gasteiger partial charge in [-0.25, -0.2) is 4.98 Å². The van der Waals surface area contributed by atoms with Crippen LogP contribution in [-0.2, 0) is 6.61 Å². The van der Waals surface area contributed by atoms with E-state index in [9.17, 15) is 0 Å². The van der Waals surface area contributed by atoms with E-state index in [1.165, 1.54) is 0 Å². The number of aliphatic hydroxyl groups is 1. The van der Waals surface area contributed by atoms with Crippen LogP contribution in [0.15, 0.2) is 46.9 Å². The lowest BCUT2D eigenvalue weighted by atomic mass is 10.1. The summed E-state index contributed by atoms with van der Waals surface area (Å²) >= 11 is 0. The van der Waals surface area contributed by atoms with Crippen LogP contribution in [0.4, 0.5) is 0 Å². The number of nitrogens with zero attached hydrogens (tertiary/aromatic N) is 1. The molecule has 90 valence electrons. The number of aryl methyl sites for hydroxylation is 1. The first-order valence-corrected chi connectivity index (χ1v) is 5.83. The van der Waals surface area contributed by atoms with Crippen molar-refractivity contribution in [2.75, 3.05) is 0 Å². The highest BCUT2D eigenvalue weighted by atomic mass is 16.3. The largest absolute Gasteiger partial charge is 0.436 e. The highest BCUT2D eigenvalue weighted by Gasteiger charge is 2.07. The molecule has 0 radical (unpaired) electrons. The Morgan fingerprint density at radius 2 is 1.89 bits per heavy atom. The van der Waals surface area contributed by atoms with E-state index in [2.05, 4.69) is 4.98 Å². The van der Waals surface area contributed by atoms with Crippen LogP contribution in [0, 0.1) is 6.92 Å². The molecule has 0 saturated heterocycles. The molecule has 18 heavy (non-hydrogen) atoms. The molecule has 0 aliphatic rings. The lowest BCUT2D eigenvalue weighted by molar-refractivity contribution is 0.282. The first kappa shape index (κ1) is 11.0. The third-order valence-corrected chi connectivity index (χ3v) is 2.93. The number of aliphatic hydroxyl groups excluding tert-OH is 1. The molecule has 0 saturated carbocycles. The van der Waals surface area contributed by atoms with Crippen LogP contribution < -0.4 is 0 Å². The maximum absolute atomic E-state index is 9.00. The Morgan fingerprint density at radius 3 is 2.61 bits per heavy atom. The molecule has 1 N–H and O–H groups in total. The summed E-state index contributed by atoms with van der Waals surface area (Å²) in [6.45, 7) is 2.08. The summed E-state index contributed by atoms with van der Waals surface area (Å²) < 4.78 is 5.71. The Kier molecular flexibility index (Phi) is 2.61. The van der Waals surface area contributed by atoms with Crippen LogP contribution in [0.3, 0.4) is 0 Å². The second-order valence-electron chi connectivity index (χ2n) is 4.35. The van der Waals surface area contributed by atoms with Gasteiger partial charge in [0.05, 0.1) is 6.61 Å². The van der Waals surface area contributed by atoms with Crippen molar-refractivity contribution in [3.63, 3.8) is 0 Å². The van der Waals surface area contributed by atoms with E-state index in [1.807, 2.05) is 49.4 Å². The zero-order valence-electron chi connectivity index (χ0n) is 10.1. The SMILES string of the molecule is Cc1ccc2oc(-c3ccc(CO)cc3)nc2c1. The molecule has 0 spiro atoms. The Hall–Kier alpha value is -2.13. The maximum atomic E-state index is 9.00. The summed E-state index contributed by atoms with van der Waals surface area (Å²) in [5, 5.41) is 9.00. The molecule has 1 heterocycles. The number of benzene rings is 2. The molecule has 0 amide bonds. The van der Waals surface area contributed by atoms with Gasteiger partial charge in [-0.1, -0.05) is 18.2 Å². The number of aromatic nitrogens is 1. The lowest BCUT2D eigenvalue weighted by Gasteiger charge is -1.97. The minimum Gasteiger partial charge on any atom is -0.436 e. The van der Waals surface area contributed by atoms with E-state index in [4.69, 9.17) is 9.52 Å². The van der Waals surface area contributed by atoms with Gasteiger partial charge in [-0.2, -0.15) is 0 Å². The van der Waals surface area contributed by atoms with Crippen LogP contribution in [-0.4, -0.2) is 10.1 Å². The minimum atomic E-state index is 0.0486. The molecular weight excluding hydrogens is 226 g/mol. The number of hydrogen-bond acceptors (Lipinski definition) is 3. The fraction of sp³-hybridized carbons (Fsp3) is 0.133. The van der Waals surface area contributed by atoms with Crippen LogP contribution in [0.2, 0.25) is 0 Å². The summed E-state index contributed by atoms with van der Waals surface area (Å²) in [7, 11) is 0. The average Bonchev–Trinajstić information content (AvgIpc) is 2.81. The zero-order chi connectivity index (χ0) is 12.5. The zero-order valence-corrected chi connectivity index (χ0v) is 10.1. The number of oxazole rings is 1. The number of hydrogen-bond donors (Lipinski definition) is 1. The molecule has 3 aromatic rings. The third-order valence-electron chi connectivity index (χ3n) is 2.93. The Bertz CT molecular complexity index is 683. The third kappa shape index (κ3) is 1.89. The van der Waals surface area contributed by atoms with Gasteiger partial charge in [-0.05, 0) is 42.3 Å². The average molecular weight is 239 g/mol. The van der Waals surface area contributed by atoms with Crippen LogP contribution >= 0.6 is 0 Å². The quantitative estimate of drug-likeness (QED) is 0.746. The van der Waals surface area contributed by atoms with E-state index < -0.39 is 0 Å². The van der Waals surface area contributed by atoms with Gasteiger partial charge < -0.3 is 9.52 Å². The van der Waals surface area contributed by atoms with Crippen molar-refractivity contribution in [1.29, 1.82) is 0 Å².